The molecule has 0 radical (unpaired) electrons. The first-order chi connectivity index (χ1) is 19.5. The van der Waals surface area contributed by atoms with Crippen LogP contribution in [0.2, 0.25) is 0 Å². The first-order valence-corrected chi connectivity index (χ1v) is 13.7. The van der Waals surface area contributed by atoms with Gasteiger partial charge in [0, 0.05) is 38.9 Å². The largest absolute Gasteiger partial charge is 0.438 e. The van der Waals surface area contributed by atoms with E-state index in [9.17, 15) is 14.0 Å². The highest BCUT2D eigenvalue weighted by Gasteiger charge is 2.41. The lowest BCUT2D eigenvalue weighted by atomic mass is 9.84. The highest BCUT2D eigenvalue weighted by Crippen LogP contribution is 2.37. The van der Waals surface area contributed by atoms with Crippen LogP contribution in [0.25, 0.3) is 11.1 Å². The number of nitrogens with zero attached hydrogens (tertiary/aromatic N) is 1. The fourth-order valence-electron chi connectivity index (χ4n) is 5.32. The van der Waals surface area contributed by atoms with Crippen molar-refractivity contribution in [1.29, 1.82) is 0 Å². The molecular weight excluding hydrogens is 503 g/mol. The highest BCUT2D eigenvalue weighted by atomic mass is 19.1. The van der Waals surface area contributed by atoms with Gasteiger partial charge in [0.2, 0.25) is 5.91 Å². The molecule has 0 aliphatic carbocycles. The number of ether oxygens (including phenoxy) is 1. The first kappa shape index (κ1) is 27.1. The molecule has 1 aliphatic heterocycles. The number of amides is 2. The zero-order valence-corrected chi connectivity index (χ0v) is 22.4. The van der Waals surface area contributed by atoms with E-state index in [-0.39, 0.29) is 11.7 Å². The number of hydrogen-bond acceptors (Lipinski definition) is 3. The Morgan fingerprint density at radius 2 is 1.43 bits per heavy atom. The number of carbonyl (C=O) groups excluding carboxylic acids is 2. The van der Waals surface area contributed by atoms with Gasteiger partial charge < -0.3 is 15.0 Å². The molecular formula is C34H33FN2O3. The van der Waals surface area contributed by atoms with Gasteiger partial charge in [-0.15, -0.1) is 0 Å². The van der Waals surface area contributed by atoms with Crippen LogP contribution in [-0.4, -0.2) is 30.0 Å². The number of hydrogen-bond donors (Lipinski definition) is 1. The quantitative estimate of drug-likeness (QED) is 0.267. The summed E-state index contributed by atoms with van der Waals surface area (Å²) in [6.07, 6.45) is 1.44. The Morgan fingerprint density at radius 1 is 0.800 bits per heavy atom. The van der Waals surface area contributed by atoms with Gasteiger partial charge in [-0.05, 0) is 46.4 Å². The molecule has 6 heteroatoms. The molecule has 1 N–H and O–H groups in total. The van der Waals surface area contributed by atoms with E-state index in [0.717, 1.165) is 27.8 Å². The number of benzene rings is 4. The predicted molar refractivity (Wildman–Crippen MR) is 154 cm³/mol. The third-order valence-corrected chi connectivity index (χ3v) is 7.58. The van der Waals surface area contributed by atoms with E-state index >= 15 is 0 Å². The van der Waals surface area contributed by atoms with Gasteiger partial charge >= 0.3 is 6.09 Å². The maximum absolute atomic E-state index is 13.2. The van der Waals surface area contributed by atoms with Crippen LogP contribution in [0.4, 0.5) is 9.18 Å². The van der Waals surface area contributed by atoms with Crippen LogP contribution in [0.15, 0.2) is 109 Å². The summed E-state index contributed by atoms with van der Waals surface area (Å²) in [6, 6.07) is 34.1. The molecule has 0 aromatic heterocycles. The van der Waals surface area contributed by atoms with Gasteiger partial charge in [-0.3, -0.25) is 4.79 Å². The molecule has 4 aromatic rings. The molecule has 40 heavy (non-hydrogen) atoms. The van der Waals surface area contributed by atoms with Crippen molar-refractivity contribution in [3.63, 3.8) is 0 Å². The summed E-state index contributed by atoms with van der Waals surface area (Å²) in [5.41, 5.74) is 4.19. The number of carbonyl (C=O) groups is 2. The zero-order chi connectivity index (χ0) is 27.8. The molecule has 1 aliphatic rings. The second-order valence-electron chi connectivity index (χ2n) is 10.1. The highest BCUT2D eigenvalue weighted by molar-refractivity contribution is 5.76. The van der Waals surface area contributed by atoms with Crippen molar-refractivity contribution >= 4 is 12.0 Å². The second-order valence-corrected chi connectivity index (χ2v) is 10.1. The van der Waals surface area contributed by atoms with E-state index in [1.807, 2.05) is 77.7 Å². The van der Waals surface area contributed by atoms with Gasteiger partial charge in [-0.25, -0.2) is 9.18 Å². The summed E-state index contributed by atoms with van der Waals surface area (Å²) in [5, 5.41) is 2.96. The summed E-state index contributed by atoms with van der Waals surface area (Å²) in [4.78, 5) is 28.0. The molecule has 204 valence electrons. The monoisotopic (exact) mass is 536 g/mol. The minimum absolute atomic E-state index is 0.0490. The summed E-state index contributed by atoms with van der Waals surface area (Å²) in [5.74, 6) is -0.235. The van der Waals surface area contributed by atoms with E-state index < -0.39 is 11.7 Å². The van der Waals surface area contributed by atoms with Gasteiger partial charge in [0.05, 0.1) is 0 Å². The summed E-state index contributed by atoms with van der Waals surface area (Å²) in [6.45, 7) is 1.31. The van der Waals surface area contributed by atoms with Crippen molar-refractivity contribution in [1.82, 2.24) is 10.2 Å². The van der Waals surface area contributed by atoms with Crippen molar-refractivity contribution in [2.24, 2.45) is 0 Å². The van der Waals surface area contributed by atoms with Gasteiger partial charge in [0.15, 0.2) is 0 Å². The molecule has 0 bridgehead atoms. The number of likely N-dealkylation sites (tertiary alicyclic amines) is 1. The summed E-state index contributed by atoms with van der Waals surface area (Å²) < 4.78 is 19.4. The summed E-state index contributed by atoms with van der Waals surface area (Å²) in [7, 11) is 0. The van der Waals surface area contributed by atoms with Crippen LogP contribution in [0.1, 0.15) is 36.0 Å². The Labute approximate surface area is 234 Å². The molecule has 0 atom stereocenters. The standard InChI is InChI=1S/C34H33FN2O3/c35-30-18-15-26(16-19-30)17-20-32(38)37-23-21-34(22-24-37,29-12-5-2-6-13-29)40-33(39)36-25-28-11-7-8-14-31(28)27-9-3-1-4-10-27/h1-16,18-19H,17,20-25H2,(H,36,39). The molecule has 0 spiro atoms. The zero-order valence-electron chi connectivity index (χ0n) is 22.4. The third kappa shape index (κ3) is 6.57. The van der Waals surface area contributed by atoms with Gasteiger partial charge in [-0.1, -0.05) is 97.1 Å². The van der Waals surface area contributed by atoms with E-state index in [0.29, 0.717) is 45.3 Å². The summed E-state index contributed by atoms with van der Waals surface area (Å²) >= 11 is 0. The molecule has 5 nitrogen and oxygen atoms in total. The van der Waals surface area contributed by atoms with Crippen LogP contribution in [0.3, 0.4) is 0 Å². The van der Waals surface area contributed by atoms with Gasteiger partial charge in [-0.2, -0.15) is 0 Å². The fourth-order valence-corrected chi connectivity index (χ4v) is 5.32. The lowest BCUT2D eigenvalue weighted by molar-refractivity contribution is -0.135. The number of rotatable bonds is 8. The Morgan fingerprint density at radius 3 is 2.12 bits per heavy atom. The van der Waals surface area contributed by atoms with Crippen molar-refractivity contribution in [2.75, 3.05) is 13.1 Å². The van der Waals surface area contributed by atoms with Crippen molar-refractivity contribution < 1.29 is 18.7 Å². The number of aryl methyl sites for hydroxylation is 1. The Hall–Kier alpha value is -4.45. The van der Waals surface area contributed by atoms with Crippen molar-refractivity contribution in [3.05, 3.63) is 132 Å². The number of halogens is 1. The molecule has 2 amide bonds. The SMILES string of the molecule is O=C(NCc1ccccc1-c1ccccc1)OC1(c2ccccc2)CCN(C(=O)CCc2ccc(F)cc2)CC1. The Bertz CT molecular complexity index is 1420. The second kappa shape index (κ2) is 12.6. The van der Waals surface area contributed by atoms with E-state index in [1.54, 1.807) is 12.1 Å². The lowest BCUT2D eigenvalue weighted by Gasteiger charge is -2.41. The minimum atomic E-state index is -0.821. The predicted octanol–water partition coefficient (Wildman–Crippen LogP) is 6.87. The minimum Gasteiger partial charge on any atom is -0.438 e. The van der Waals surface area contributed by atoms with Crippen LogP contribution >= 0.6 is 0 Å². The lowest BCUT2D eigenvalue weighted by Crippen LogP contribution is -2.48. The Kier molecular flexibility index (Phi) is 8.55. The molecule has 4 aromatic carbocycles. The molecule has 1 heterocycles. The average Bonchev–Trinajstić information content (AvgIpc) is 3.01. The van der Waals surface area contributed by atoms with Crippen LogP contribution in [0.5, 0.6) is 0 Å². The Balaban J connectivity index is 1.23. The van der Waals surface area contributed by atoms with E-state index in [2.05, 4.69) is 17.4 Å². The maximum Gasteiger partial charge on any atom is 0.408 e. The normalized spacial score (nSPS) is 14.4. The van der Waals surface area contributed by atoms with Gasteiger partial charge in [0.25, 0.3) is 0 Å². The molecule has 1 fully saturated rings. The number of alkyl carbamates (subject to hydrolysis) is 1. The van der Waals surface area contributed by atoms with E-state index in [4.69, 9.17) is 4.74 Å². The van der Waals surface area contributed by atoms with Crippen LogP contribution < -0.4 is 5.32 Å². The molecule has 1 saturated heterocycles. The van der Waals surface area contributed by atoms with Gasteiger partial charge in [0.1, 0.15) is 11.4 Å². The maximum atomic E-state index is 13.2. The topological polar surface area (TPSA) is 58.6 Å². The van der Waals surface area contributed by atoms with Crippen molar-refractivity contribution in [3.8, 4) is 11.1 Å². The molecule has 0 saturated carbocycles. The third-order valence-electron chi connectivity index (χ3n) is 7.58. The van der Waals surface area contributed by atoms with Crippen LogP contribution in [0, 0.1) is 5.82 Å². The molecule has 5 rings (SSSR count). The fraction of sp³-hybridized carbons (Fsp3) is 0.235. The molecule has 0 unspecified atom stereocenters. The van der Waals surface area contributed by atoms with Crippen molar-refractivity contribution in [2.45, 2.75) is 37.8 Å². The van der Waals surface area contributed by atoms with E-state index in [1.165, 1.54) is 12.1 Å². The van der Waals surface area contributed by atoms with Crippen LogP contribution in [-0.2, 0) is 28.1 Å². The smallest absolute Gasteiger partial charge is 0.408 e. The first-order valence-electron chi connectivity index (χ1n) is 13.7. The number of nitrogens with one attached hydrogen (secondary N) is 1. The average molecular weight is 537 g/mol. The number of piperidine rings is 1.